The van der Waals surface area contributed by atoms with E-state index in [-0.39, 0.29) is 0 Å². The van der Waals surface area contributed by atoms with Crippen molar-refractivity contribution in [2.45, 2.75) is 52.1 Å². The van der Waals surface area contributed by atoms with Crippen molar-refractivity contribution < 1.29 is 0 Å². The molecule has 0 spiro atoms. The topological polar surface area (TPSA) is 29.9 Å². The van der Waals surface area contributed by atoms with Gasteiger partial charge in [0.2, 0.25) is 0 Å². The molecule has 0 saturated heterocycles. The molecule has 1 N–H and O–H groups in total. The fraction of sp³-hybridized carbons (Fsp3) is 0.786. The second-order valence-corrected chi connectivity index (χ2v) is 5.76. The predicted octanol–water partition coefficient (Wildman–Crippen LogP) is 2.72. The largest absolute Gasteiger partial charge is 0.310 e. The average Bonchev–Trinajstić information content (AvgIpc) is 2.73. The molecular weight excluding hydrogens is 210 g/mol. The molecule has 3 nitrogen and oxygen atoms in total. The molecule has 0 atom stereocenters. The van der Waals surface area contributed by atoms with Crippen LogP contribution in [0.15, 0.2) is 12.4 Å². The van der Waals surface area contributed by atoms with Crippen molar-refractivity contribution in [2.24, 2.45) is 18.9 Å². The first kappa shape index (κ1) is 12.6. The van der Waals surface area contributed by atoms with E-state index in [2.05, 4.69) is 30.5 Å². The molecule has 0 aliphatic heterocycles. The van der Waals surface area contributed by atoms with E-state index < -0.39 is 0 Å². The number of rotatable bonds is 4. The molecule has 96 valence electrons. The van der Waals surface area contributed by atoms with Crippen LogP contribution in [0.25, 0.3) is 0 Å². The Labute approximate surface area is 105 Å². The Morgan fingerprint density at radius 1 is 1.35 bits per heavy atom. The molecule has 1 aliphatic rings. The summed E-state index contributed by atoms with van der Waals surface area (Å²) in [7, 11) is 1.97. The van der Waals surface area contributed by atoms with E-state index in [1.807, 2.05) is 17.9 Å². The quantitative estimate of drug-likeness (QED) is 0.869. The average molecular weight is 235 g/mol. The molecule has 0 bridgehead atoms. The predicted molar refractivity (Wildman–Crippen MR) is 70.6 cm³/mol. The van der Waals surface area contributed by atoms with E-state index in [1.165, 1.54) is 31.2 Å². The van der Waals surface area contributed by atoms with E-state index in [0.29, 0.717) is 6.04 Å². The lowest BCUT2D eigenvalue weighted by Crippen LogP contribution is -2.33. The van der Waals surface area contributed by atoms with Gasteiger partial charge in [0.1, 0.15) is 0 Å². The lowest BCUT2D eigenvalue weighted by atomic mass is 9.80. The molecule has 1 aliphatic carbocycles. The lowest BCUT2D eigenvalue weighted by Gasteiger charge is -2.31. The van der Waals surface area contributed by atoms with Crippen LogP contribution >= 0.6 is 0 Å². The van der Waals surface area contributed by atoms with Crippen molar-refractivity contribution in [1.82, 2.24) is 15.1 Å². The number of nitrogens with one attached hydrogen (secondary N) is 1. The molecule has 17 heavy (non-hydrogen) atoms. The first-order valence-corrected chi connectivity index (χ1v) is 6.86. The summed E-state index contributed by atoms with van der Waals surface area (Å²) in [6.07, 6.45) is 9.50. The van der Waals surface area contributed by atoms with Crippen LogP contribution < -0.4 is 5.32 Å². The lowest BCUT2D eigenvalue weighted by molar-refractivity contribution is 0.238. The summed E-state index contributed by atoms with van der Waals surface area (Å²) in [4.78, 5) is 0. The van der Waals surface area contributed by atoms with Gasteiger partial charge >= 0.3 is 0 Å². The van der Waals surface area contributed by atoms with E-state index in [0.717, 1.165) is 18.4 Å². The second kappa shape index (κ2) is 5.67. The minimum atomic E-state index is 0.713. The normalized spacial score (nSPS) is 25.4. The fourth-order valence-electron chi connectivity index (χ4n) is 2.82. The van der Waals surface area contributed by atoms with Gasteiger partial charge in [-0.1, -0.05) is 13.8 Å². The number of hydrogen-bond donors (Lipinski definition) is 1. The zero-order chi connectivity index (χ0) is 12.3. The molecule has 0 radical (unpaired) electrons. The fourth-order valence-corrected chi connectivity index (χ4v) is 2.82. The Balaban J connectivity index is 1.71. The molecule has 0 amide bonds. The maximum absolute atomic E-state index is 4.19. The minimum Gasteiger partial charge on any atom is -0.310 e. The third-order valence-electron chi connectivity index (χ3n) is 4.07. The zero-order valence-electron chi connectivity index (χ0n) is 11.3. The van der Waals surface area contributed by atoms with Gasteiger partial charge in [-0.05, 0) is 37.5 Å². The van der Waals surface area contributed by atoms with Gasteiger partial charge in [-0.2, -0.15) is 5.10 Å². The molecule has 2 rings (SSSR count). The van der Waals surface area contributed by atoms with Crippen LogP contribution in [0.1, 0.15) is 45.1 Å². The number of aromatic nitrogens is 2. The van der Waals surface area contributed by atoms with Crippen molar-refractivity contribution in [1.29, 1.82) is 0 Å². The minimum absolute atomic E-state index is 0.713. The Bertz CT molecular complexity index is 335. The number of aryl methyl sites for hydroxylation is 1. The molecule has 0 aromatic carbocycles. The maximum atomic E-state index is 4.19. The Hall–Kier alpha value is -0.830. The van der Waals surface area contributed by atoms with Gasteiger partial charge in [0.25, 0.3) is 0 Å². The highest BCUT2D eigenvalue weighted by molar-refractivity contribution is 5.03. The van der Waals surface area contributed by atoms with Crippen LogP contribution in [0.2, 0.25) is 0 Å². The molecule has 1 heterocycles. The smallest absolute Gasteiger partial charge is 0.0534 e. The second-order valence-electron chi connectivity index (χ2n) is 5.76. The van der Waals surface area contributed by atoms with E-state index in [9.17, 15) is 0 Å². The molecule has 1 saturated carbocycles. The van der Waals surface area contributed by atoms with E-state index in [4.69, 9.17) is 0 Å². The van der Waals surface area contributed by atoms with Crippen molar-refractivity contribution in [3.05, 3.63) is 18.0 Å². The van der Waals surface area contributed by atoms with Gasteiger partial charge < -0.3 is 5.32 Å². The highest BCUT2D eigenvalue weighted by atomic mass is 15.2. The van der Waals surface area contributed by atoms with Crippen molar-refractivity contribution in [3.8, 4) is 0 Å². The van der Waals surface area contributed by atoms with Crippen LogP contribution in [-0.2, 0) is 13.6 Å². The summed E-state index contributed by atoms with van der Waals surface area (Å²) < 4.78 is 1.87. The van der Waals surface area contributed by atoms with Crippen LogP contribution in [0.3, 0.4) is 0 Å². The summed E-state index contributed by atoms with van der Waals surface area (Å²) in [5, 5.41) is 7.85. The summed E-state index contributed by atoms with van der Waals surface area (Å²) in [6.45, 7) is 5.67. The summed E-state index contributed by atoms with van der Waals surface area (Å²) >= 11 is 0. The van der Waals surface area contributed by atoms with Gasteiger partial charge in [-0.25, -0.2) is 0 Å². The molecule has 3 heteroatoms. The third kappa shape index (κ3) is 3.56. The van der Waals surface area contributed by atoms with Gasteiger partial charge in [0.05, 0.1) is 6.20 Å². The molecule has 1 aromatic heterocycles. The van der Waals surface area contributed by atoms with Gasteiger partial charge in [0, 0.05) is 31.4 Å². The highest BCUT2D eigenvalue weighted by Crippen LogP contribution is 2.29. The Morgan fingerprint density at radius 2 is 2.06 bits per heavy atom. The standard InChI is InChI=1S/C14H25N3/c1-11(2)13-4-6-14(7-5-13)15-8-12-9-16-17(3)10-12/h9-11,13-15H,4-8H2,1-3H3. The van der Waals surface area contributed by atoms with Gasteiger partial charge in [0.15, 0.2) is 0 Å². The zero-order valence-corrected chi connectivity index (χ0v) is 11.3. The molecule has 1 fully saturated rings. The summed E-state index contributed by atoms with van der Waals surface area (Å²) in [5.74, 6) is 1.81. The van der Waals surface area contributed by atoms with Crippen molar-refractivity contribution in [3.63, 3.8) is 0 Å². The van der Waals surface area contributed by atoms with Crippen molar-refractivity contribution >= 4 is 0 Å². The monoisotopic (exact) mass is 235 g/mol. The van der Waals surface area contributed by atoms with E-state index >= 15 is 0 Å². The molecule has 0 unspecified atom stereocenters. The van der Waals surface area contributed by atoms with Crippen LogP contribution in [-0.4, -0.2) is 15.8 Å². The van der Waals surface area contributed by atoms with Crippen LogP contribution in [0, 0.1) is 11.8 Å². The SMILES string of the molecule is CC(C)C1CCC(NCc2cnn(C)c2)CC1. The van der Waals surface area contributed by atoms with Gasteiger partial charge in [-0.3, -0.25) is 4.68 Å². The summed E-state index contributed by atoms with van der Waals surface area (Å²) in [6, 6.07) is 0.713. The van der Waals surface area contributed by atoms with Crippen molar-refractivity contribution in [2.75, 3.05) is 0 Å². The maximum Gasteiger partial charge on any atom is 0.0534 e. The van der Waals surface area contributed by atoms with Crippen LogP contribution in [0.5, 0.6) is 0 Å². The van der Waals surface area contributed by atoms with E-state index in [1.54, 1.807) is 0 Å². The first-order chi connectivity index (χ1) is 8.15. The number of hydrogen-bond acceptors (Lipinski definition) is 2. The Morgan fingerprint density at radius 3 is 2.59 bits per heavy atom. The Kier molecular flexibility index (Phi) is 4.21. The molecule has 1 aromatic rings. The highest BCUT2D eigenvalue weighted by Gasteiger charge is 2.22. The first-order valence-electron chi connectivity index (χ1n) is 6.86. The van der Waals surface area contributed by atoms with Crippen LogP contribution in [0.4, 0.5) is 0 Å². The van der Waals surface area contributed by atoms with Gasteiger partial charge in [-0.15, -0.1) is 0 Å². The summed E-state index contributed by atoms with van der Waals surface area (Å²) in [5.41, 5.74) is 1.29. The number of nitrogens with zero attached hydrogens (tertiary/aromatic N) is 2. The third-order valence-corrected chi connectivity index (χ3v) is 4.07. The molecular formula is C14H25N3.